The van der Waals surface area contributed by atoms with Crippen molar-refractivity contribution in [2.45, 2.75) is 24.3 Å². The number of hydrogen-bond donors (Lipinski definition) is 1. The lowest BCUT2D eigenvalue weighted by atomic mass is 10.3. The van der Waals surface area contributed by atoms with E-state index in [0.29, 0.717) is 5.16 Å². The lowest BCUT2D eigenvalue weighted by Crippen LogP contribution is -2.23. The Hall–Kier alpha value is -1.82. The molecule has 1 unspecified atom stereocenters. The van der Waals surface area contributed by atoms with E-state index in [1.165, 1.54) is 11.8 Å². The number of carbonyl (C=O) groups excluding carboxylic acids is 1. The normalized spacial score (nSPS) is 12.3. The van der Waals surface area contributed by atoms with Gasteiger partial charge in [0.2, 0.25) is 5.91 Å². The molecule has 1 heterocycles. The molecule has 0 spiro atoms. The molecule has 0 fully saturated rings. The van der Waals surface area contributed by atoms with Crippen LogP contribution in [-0.4, -0.2) is 25.9 Å². The molecule has 6 heteroatoms. The van der Waals surface area contributed by atoms with Crippen LogP contribution in [0.3, 0.4) is 0 Å². The van der Waals surface area contributed by atoms with Gasteiger partial charge in [-0.25, -0.2) is 0 Å². The van der Waals surface area contributed by atoms with Gasteiger partial charge in [-0.3, -0.25) is 9.36 Å². The molecule has 0 aliphatic rings. The van der Waals surface area contributed by atoms with Gasteiger partial charge < -0.3 is 5.73 Å². The van der Waals surface area contributed by atoms with Crippen molar-refractivity contribution in [2.75, 3.05) is 0 Å². The molecular formula is C12H14N4OS. The highest BCUT2D eigenvalue weighted by Crippen LogP contribution is 2.24. The van der Waals surface area contributed by atoms with Crippen LogP contribution in [0.4, 0.5) is 0 Å². The second kappa shape index (κ2) is 5.22. The number of hydrogen-bond acceptors (Lipinski definition) is 4. The Bertz CT molecular complexity index is 552. The summed E-state index contributed by atoms with van der Waals surface area (Å²) in [5, 5.41) is 8.46. The molecule has 0 aliphatic heterocycles. The molecule has 1 aromatic heterocycles. The van der Waals surface area contributed by atoms with E-state index in [1.807, 2.05) is 41.8 Å². The molecule has 5 nitrogen and oxygen atoms in total. The minimum absolute atomic E-state index is 0.337. The molecule has 0 saturated heterocycles. The first kappa shape index (κ1) is 12.6. The third-order valence-electron chi connectivity index (χ3n) is 2.49. The number of benzene rings is 1. The minimum atomic E-state index is -0.361. The van der Waals surface area contributed by atoms with Gasteiger partial charge in [-0.05, 0) is 26.0 Å². The van der Waals surface area contributed by atoms with Gasteiger partial charge in [-0.15, -0.1) is 10.2 Å². The molecule has 0 aliphatic carbocycles. The maximum absolute atomic E-state index is 11.1. The fraction of sp³-hybridized carbons (Fsp3) is 0.250. The van der Waals surface area contributed by atoms with Crippen molar-refractivity contribution in [3.63, 3.8) is 0 Å². The number of amides is 1. The van der Waals surface area contributed by atoms with Crippen LogP contribution in [0.2, 0.25) is 0 Å². The number of carbonyl (C=O) groups is 1. The van der Waals surface area contributed by atoms with Gasteiger partial charge in [0.1, 0.15) is 5.82 Å². The summed E-state index contributed by atoms with van der Waals surface area (Å²) in [6.45, 7) is 3.63. The lowest BCUT2D eigenvalue weighted by Gasteiger charge is -2.10. The fourth-order valence-electron chi connectivity index (χ4n) is 1.51. The molecule has 1 aromatic carbocycles. The summed E-state index contributed by atoms with van der Waals surface area (Å²) in [7, 11) is 0. The van der Waals surface area contributed by atoms with Crippen LogP contribution in [0.1, 0.15) is 12.7 Å². The Balaban J connectivity index is 2.36. The van der Waals surface area contributed by atoms with E-state index in [-0.39, 0.29) is 11.2 Å². The van der Waals surface area contributed by atoms with E-state index >= 15 is 0 Å². The van der Waals surface area contributed by atoms with Crippen molar-refractivity contribution < 1.29 is 4.79 Å². The fourth-order valence-corrected chi connectivity index (χ4v) is 2.37. The van der Waals surface area contributed by atoms with Crippen molar-refractivity contribution >= 4 is 17.7 Å². The molecule has 94 valence electrons. The number of aromatic nitrogens is 3. The SMILES string of the molecule is Cc1nnc(SC(C)C(N)=O)n1-c1ccccc1. The summed E-state index contributed by atoms with van der Waals surface area (Å²) in [5.74, 6) is 0.417. The van der Waals surface area contributed by atoms with Crippen LogP contribution < -0.4 is 5.73 Å². The number of primary amides is 1. The van der Waals surface area contributed by atoms with E-state index in [1.54, 1.807) is 6.92 Å². The van der Waals surface area contributed by atoms with Gasteiger partial charge in [0.05, 0.1) is 5.25 Å². The Kier molecular flexibility index (Phi) is 3.66. The summed E-state index contributed by atoms with van der Waals surface area (Å²) in [5.41, 5.74) is 6.23. The van der Waals surface area contributed by atoms with Crippen molar-refractivity contribution in [2.24, 2.45) is 5.73 Å². The van der Waals surface area contributed by atoms with Gasteiger partial charge in [0.15, 0.2) is 5.16 Å². The molecule has 2 N–H and O–H groups in total. The van der Waals surface area contributed by atoms with E-state index < -0.39 is 0 Å². The molecule has 2 rings (SSSR count). The molecular weight excluding hydrogens is 248 g/mol. The number of nitrogens with two attached hydrogens (primary N) is 1. The van der Waals surface area contributed by atoms with E-state index in [4.69, 9.17) is 5.73 Å². The van der Waals surface area contributed by atoms with Crippen molar-refractivity contribution in [3.05, 3.63) is 36.2 Å². The maximum atomic E-state index is 11.1. The Morgan fingerprint density at radius 1 is 1.33 bits per heavy atom. The van der Waals surface area contributed by atoms with Gasteiger partial charge in [0, 0.05) is 5.69 Å². The monoisotopic (exact) mass is 262 g/mol. The standard InChI is InChI=1S/C12H14N4OS/c1-8(11(13)17)18-12-15-14-9(2)16(12)10-6-4-3-5-7-10/h3-8H,1-2H3,(H2,13,17). The summed E-state index contributed by atoms with van der Waals surface area (Å²) in [4.78, 5) is 11.1. The topological polar surface area (TPSA) is 73.8 Å². The highest BCUT2D eigenvalue weighted by molar-refractivity contribution is 8.00. The number of nitrogens with zero attached hydrogens (tertiary/aromatic N) is 3. The zero-order chi connectivity index (χ0) is 13.1. The van der Waals surface area contributed by atoms with Crippen molar-refractivity contribution in [1.82, 2.24) is 14.8 Å². The largest absolute Gasteiger partial charge is 0.369 e. The van der Waals surface area contributed by atoms with Crippen LogP contribution in [0.15, 0.2) is 35.5 Å². The highest BCUT2D eigenvalue weighted by Gasteiger charge is 2.17. The summed E-state index contributed by atoms with van der Waals surface area (Å²) >= 11 is 1.31. The molecule has 1 atom stereocenters. The first-order valence-electron chi connectivity index (χ1n) is 5.53. The molecule has 18 heavy (non-hydrogen) atoms. The van der Waals surface area contributed by atoms with Gasteiger partial charge in [-0.2, -0.15) is 0 Å². The number of aryl methyl sites for hydroxylation is 1. The smallest absolute Gasteiger partial charge is 0.230 e. The maximum Gasteiger partial charge on any atom is 0.230 e. The van der Waals surface area contributed by atoms with Crippen LogP contribution in [0, 0.1) is 6.92 Å². The zero-order valence-corrected chi connectivity index (χ0v) is 11.0. The summed E-state index contributed by atoms with van der Waals surface area (Å²) in [6.07, 6.45) is 0. The quantitative estimate of drug-likeness (QED) is 0.848. The molecule has 0 saturated carbocycles. The van der Waals surface area contributed by atoms with Gasteiger partial charge >= 0.3 is 0 Å². The summed E-state index contributed by atoms with van der Waals surface area (Å²) in [6, 6.07) is 9.77. The number of rotatable bonds is 4. The third kappa shape index (κ3) is 2.53. The van der Waals surface area contributed by atoms with Gasteiger partial charge in [-0.1, -0.05) is 30.0 Å². The molecule has 1 amide bonds. The summed E-state index contributed by atoms with van der Waals surface area (Å²) < 4.78 is 1.91. The lowest BCUT2D eigenvalue weighted by molar-refractivity contribution is -0.117. The van der Waals surface area contributed by atoms with E-state index in [9.17, 15) is 4.79 Å². The molecule has 0 bridgehead atoms. The Morgan fingerprint density at radius 2 is 2.00 bits per heavy atom. The Labute approximate surface area is 109 Å². The predicted octanol–water partition coefficient (Wildman–Crippen LogP) is 1.54. The van der Waals surface area contributed by atoms with Crippen LogP contribution in [0.25, 0.3) is 5.69 Å². The third-order valence-corrected chi connectivity index (χ3v) is 3.55. The predicted molar refractivity (Wildman–Crippen MR) is 70.6 cm³/mol. The van der Waals surface area contributed by atoms with Crippen LogP contribution in [-0.2, 0) is 4.79 Å². The average molecular weight is 262 g/mol. The second-order valence-corrected chi connectivity index (χ2v) is 5.17. The minimum Gasteiger partial charge on any atom is -0.369 e. The van der Waals surface area contributed by atoms with Crippen molar-refractivity contribution in [3.8, 4) is 5.69 Å². The van der Waals surface area contributed by atoms with E-state index in [2.05, 4.69) is 10.2 Å². The number of thioether (sulfide) groups is 1. The first-order chi connectivity index (χ1) is 8.59. The van der Waals surface area contributed by atoms with Gasteiger partial charge in [0.25, 0.3) is 0 Å². The molecule has 0 radical (unpaired) electrons. The molecule has 2 aromatic rings. The van der Waals surface area contributed by atoms with Crippen LogP contribution >= 0.6 is 11.8 Å². The number of para-hydroxylation sites is 1. The average Bonchev–Trinajstić information content (AvgIpc) is 2.71. The van der Waals surface area contributed by atoms with Crippen molar-refractivity contribution in [1.29, 1.82) is 0 Å². The first-order valence-corrected chi connectivity index (χ1v) is 6.41. The van der Waals surface area contributed by atoms with Crippen LogP contribution in [0.5, 0.6) is 0 Å². The zero-order valence-electron chi connectivity index (χ0n) is 10.2. The second-order valence-electron chi connectivity index (χ2n) is 3.86. The Morgan fingerprint density at radius 3 is 2.61 bits per heavy atom. The van der Waals surface area contributed by atoms with E-state index in [0.717, 1.165) is 11.5 Å². The highest BCUT2D eigenvalue weighted by atomic mass is 32.2.